The SMILES string of the molecule is N#C[C@H](C(=O)NC1CC1)c1nc2ccccc2nc1N1CCCC1. The lowest BCUT2D eigenvalue weighted by Gasteiger charge is -2.21. The molecule has 1 atom stereocenters. The first-order valence-corrected chi connectivity index (χ1v) is 8.48. The highest BCUT2D eigenvalue weighted by Crippen LogP contribution is 2.30. The highest BCUT2D eigenvalue weighted by Gasteiger charge is 2.33. The molecule has 1 aromatic heterocycles. The van der Waals surface area contributed by atoms with Crippen LogP contribution in [-0.4, -0.2) is 35.0 Å². The van der Waals surface area contributed by atoms with Crippen molar-refractivity contribution in [3.63, 3.8) is 0 Å². The molecule has 1 aliphatic heterocycles. The maximum absolute atomic E-state index is 12.5. The molecule has 6 heteroatoms. The first kappa shape index (κ1) is 14.9. The van der Waals surface area contributed by atoms with Gasteiger partial charge in [0.2, 0.25) is 5.91 Å². The van der Waals surface area contributed by atoms with Crippen molar-refractivity contribution in [2.24, 2.45) is 0 Å². The predicted octanol–water partition coefficient (Wildman–Crippen LogP) is 2.12. The van der Waals surface area contributed by atoms with Crippen molar-refractivity contribution in [3.05, 3.63) is 30.0 Å². The van der Waals surface area contributed by atoms with Crippen LogP contribution in [0.3, 0.4) is 0 Å². The van der Waals surface area contributed by atoms with Gasteiger partial charge < -0.3 is 10.2 Å². The van der Waals surface area contributed by atoms with Crippen LogP contribution in [0.25, 0.3) is 11.0 Å². The van der Waals surface area contributed by atoms with E-state index in [0.717, 1.165) is 49.8 Å². The second-order valence-corrected chi connectivity index (χ2v) is 6.46. The van der Waals surface area contributed by atoms with E-state index < -0.39 is 5.92 Å². The number of aromatic nitrogens is 2. The number of para-hydroxylation sites is 2. The third kappa shape index (κ3) is 2.78. The second kappa shape index (κ2) is 6.08. The van der Waals surface area contributed by atoms with Gasteiger partial charge in [-0.05, 0) is 37.8 Å². The molecule has 2 heterocycles. The molecule has 2 fully saturated rings. The number of amides is 1. The predicted molar refractivity (Wildman–Crippen MR) is 90.5 cm³/mol. The fourth-order valence-corrected chi connectivity index (χ4v) is 3.12. The fraction of sp³-hybridized carbons (Fsp3) is 0.444. The lowest BCUT2D eigenvalue weighted by atomic mass is 10.0. The molecule has 6 nitrogen and oxygen atoms in total. The van der Waals surface area contributed by atoms with Crippen LogP contribution in [-0.2, 0) is 4.79 Å². The molecule has 1 saturated carbocycles. The van der Waals surface area contributed by atoms with Crippen molar-refractivity contribution >= 4 is 22.8 Å². The summed E-state index contributed by atoms with van der Waals surface area (Å²) in [6.07, 6.45) is 4.18. The van der Waals surface area contributed by atoms with Crippen LogP contribution in [0.4, 0.5) is 5.82 Å². The summed E-state index contributed by atoms with van der Waals surface area (Å²) in [7, 11) is 0. The highest BCUT2D eigenvalue weighted by molar-refractivity contribution is 5.89. The number of hydrogen-bond donors (Lipinski definition) is 1. The maximum Gasteiger partial charge on any atom is 0.243 e. The Morgan fingerprint density at radius 1 is 1.21 bits per heavy atom. The van der Waals surface area contributed by atoms with Crippen LogP contribution in [0.15, 0.2) is 24.3 Å². The summed E-state index contributed by atoms with van der Waals surface area (Å²) < 4.78 is 0. The largest absolute Gasteiger partial charge is 0.355 e. The lowest BCUT2D eigenvalue weighted by Crippen LogP contribution is -2.32. The number of carbonyl (C=O) groups excluding carboxylic acids is 1. The van der Waals surface area contributed by atoms with E-state index in [9.17, 15) is 10.1 Å². The van der Waals surface area contributed by atoms with Gasteiger partial charge in [0.15, 0.2) is 11.7 Å². The molecule has 2 aliphatic rings. The van der Waals surface area contributed by atoms with Gasteiger partial charge in [0.1, 0.15) is 5.69 Å². The first-order valence-electron chi connectivity index (χ1n) is 8.48. The van der Waals surface area contributed by atoms with Crippen LogP contribution in [0.5, 0.6) is 0 Å². The normalized spacial score (nSPS) is 18.4. The van der Waals surface area contributed by atoms with E-state index in [4.69, 9.17) is 4.98 Å². The van der Waals surface area contributed by atoms with Gasteiger partial charge in [0, 0.05) is 19.1 Å². The summed E-state index contributed by atoms with van der Waals surface area (Å²) in [4.78, 5) is 24.0. The Bertz CT molecular complexity index is 818. The quantitative estimate of drug-likeness (QED) is 0.932. The highest BCUT2D eigenvalue weighted by atomic mass is 16.2. The van der Waals surface area contributed by atoms with Crippen molar-refractivity contribution in [2.45, 2.75) is 37.6 Å². The van der Waals surface area contributed by atoms with Crippen LogP contribution in [0.2, 0.25) is 0 Å². The Hall–Kier alpha value is -2.68. The third-order valence-electron chi connectivity index (χ3n) is 4.57. The fourth-order valence-electron chi connectivity index (χ4n) is 3.12. The van der Waals surface area contributed by atoms with E-state index in [0.29, 0.717) is 11.5 Å². The van der Waals surface area contributed by atoms with Crippen LogP contribution in [0.1, 0.15) is 37.3 Å². The van der Waals surface area contributed by atoms with E-state index in [2.05, 4.69) is 21.3 Å². The Labute approximate surface area is 140 Å². The molecule has 0 bridgehead atoms. The number of hydrogen-bond acceptors (Lipinski definition) is 5. The van der Waals surface area contributed by atoms with Gasteiger partial charge in [0.05, 0.1) is 17.1 Å². The average molecular weight is 321 g/mol. The molecule has 1 aromatic carbocycles. The molecule has 1 aliphatic carbocycles. The van der Waals surface area contributed by atoms with Gasteiger partial charge >= 0.3 is 0 Å². The summed E-state index contributed by atoms with van der Waals surface area (Å²) >= 11 is 0. The topological polar surface area (TPSA) is 81.9 Å². The molecule has 1 amide bonds. The molecule has 4 rings (SSSR count). The van der Waals surface area contributed by atoms with Crippen LogP contribution >= 0.6 is 0 Å². The molecule has 0 radical (unpaired) electrons. The Morgan fingerprint density at radius 2 is 1.88 bits per heavy atom. The number of anilines is 1. The van der Waals surface area contributed by atoms with E-state index in [1.54, 1.807) is 0 Å². The van der Waals surface area contributed by atoms with Crippen molar-refractivity contribution in [3.8, 4) is 6.07 Å². The number of carbonyl (C=O) groups is 1. The molecule has 0 unspecified atom stereocenters. The number of fused-ring (bicyclic) bond motifs is 1. The van der Waals surface area contributed by atoms with Crippen molar-refractivity contribution < 1.29 is 4.79 Å². The Kier molecular flexibility index (Phi) is 3.77. The van der Waals surface area contributed by atoms with Crippen LogP contribution < -0.4 is 10.2 Å². The summed E-state index contributed by atoms with van der Waals surface area (Å²) in [5.41, 5.74) is 1.99. The second-order valence-electron chi connectivity index (χ2n) is 6.46. The Balaban J connectivity index is 1.79. The number of nitriles is 1. The third-order valence-corrected chi connectivity index (χ3v) is 4.57. The van der Waals surface area contributed by atoms with Gasteiger partial charge in [-0.1, -0.05) is 12.1 Å². The van der Waals surface area contributed by atoms with E-state index in [1.807, 2.05) is 24.3 Å². The van der Waals surface area contributed by atoms with Crippen molar-refractivity contribution in [1.82, 2.24) is 15.3 Å². The summed E-state index contributed by atoms with van der Waals surface area (Å²) in [6, 6.07) is 9.95. The van der Waals surface area contributed by atoms with Crippen molar-refractivity contribution in [2.75, 3.05) is 18.0 Å². The minimum Gasteiger partial charge on any atom is -0.355 e. The molecule has 24 heavy (non-hydrogen) atoms. The van der Waals surface area contributed by atoms with Gasteiger partial charge in [-0.3, -0.25) is 4.79 Å². The number of nitrogens with zero attached hydrogens (tertiary/aromatic N) is 4. The van der Waals surface area contributed by atoms with E-state index in [1.165, 1.54) is 0 Å². The molecule has 2 aromatic rings. The zero-order valence-electron chi connectivity index (χ0n) is 13.4. The summed E-state index contributed by atoms with van der Waals surface area (Å²) in [5, 5.41) is 12.5. The van der Waals surface area contributed by atoms with Gasteiger partial charge in [-0.15, -0.1) is 0 Å². The molecule has 0 spiro atoms. The zero-order valence-corrected chi connectivity index (χ0v) is 13.4. The Morgan fingerprint density at radius 3 is 2.50 bits per heavy atom. The maximum atomic E-state index is 12.5. The van der Waals surface area contributed by atoms with E-state index >= 15 is 0 Å². The number of nitrogens with one attached hydrogen (secondary N) is 1. The van der Waals surface area contributed by atoms with E-state index in [-0.39, 0.29) is 11.9 Å². The van der Waals surface area contributed by atoms with Crippen LogP contribution in [0, 0.1) is 11.3 Å². The molecule has 122 valence electrons. The standard InChI is InChI=1S/C18H19N5O/c19-11-13(18(24)20-12-7-8-12)16-17(23-9-3-4-10-23)22-15-6-2-1-5-14(15)21-16/h1-2,5-6,12-13H,3-4,7-10H2,(H,20,24)/t13-/m0/s1. The van der Waals surface area contributed by atoms with Gasteiger partial charge in [-0.2, -0.15) is 5.26 Å². The lowest BCUT2D eigenvalue weighted by molar-refractivity contribution is -0.121. The smallest absolute Gasteiger partial charge is 0.243 e. The summed E-state index contributed by atoms with van der Waals surface area (Å²) in [6.45, 7) is 1.78. The van der Waals surface area contributed by atoms with Gasteiger partial charge in [-0.25, -0.2) is 9.97 Å². The first-order chi connectivity index (χ1) is 11.8. The molecular formula is C18H19N5O. The minimum absolute atomic E-state index is 0.219. The molecule has 1 saturated heterocycles. The number of benzene rings is 1. The molecular weight excluding hydrogens is 302 g/mol. The zero-order chi connectivity index (χ0) is 16.5. The van der Waals surface area contributed by atoms with Gasteiger partial charge in [0.25, 0.3) is 0 Å². The number of rotatable bonds is 4. The average Bonchev–Trinajstić information content (AvgIpc) is 3.24. The monoisotopic (exact) mass is 321 g/mol. The van der Waals surface area contributed by atoms with Crippen molar-refractivity contribution in [1.29, 1.82) is 5.26 Å². The molecule has 1 N–H and O–H groups in total. The minimum atomic E-state index is -0.918. The summed E-state index contributed by atoms with van der Waals surface area (Å²) in [5.74, 6) is -0.493.